The fourth-order valence-corrected chi connectivity index (χ4v) is 8.10. The second-order valence-electron chi connectivity index (χ2n) is 15.9. The van der Waals surface area contributed by atoms with Gasteiger partial charge in [-0.1, -0.05) is 51.1 Å². The van der Waals surface area contributed by atoms with E-state index >= 15 is 0 Å². The first-order chi connectivity index (χ1) is 25.2. The van der Waals surface area contributed by atoms with Crippen LogP contribution in [0.3, 0.4) is 0 Å². The van der Waals surface area contributed by atoms with Crippen LogP contribution in [0.5, 0.6) is 5.75 Å². The predicted octanol–water partition coefficient (Wildman–Crippen LogP) is 2.29. The minimum absolute atomic E-state index is 0.0204. The number of anilines is 1. The summed E-state index contributed by atoms with van der Waals surface area (Å²) in [6.45, 7) is 4.88. The third-order valence-electron chi connectivity index (χ3n) is 10.3. The number of likely N-dealkylation sites (N-methyl/N-ethyl adjacent to an activating group) is 1. The molecule has 3 aliphatic carbocycles. The molecule has 0 bridgehead atoms. The maximum absolute atomic E-state index is 14.5. The molecule has 2 aromatic carbocycles. The van der Waals surface area contributed by atoms with Crippen LogP contribution in [0.25, 0.3) is 0 Å². The molecule has 0 aromatic heterocycles. The summed E-state index contributed by atoms with van der Waals surface area (Å²) in [4.78, 5) is 84.8. The van der Waals surface area contributed by atoms with Gasteiger partial charge in [0.1, 0.15) is 17.1 Å². The van der Waals surface area contributed by atoms with Gasteiger partial charge < -0.3 is 40.3 Å². The summed E-state index contributed by atoms with van der Waals surface area (Å²) in [5, 5.41) is 34.9. The summed E-state index contributed by atoms with van der Waals surface area (Å²) < 4.78 is 10.5. The first-order valence-corrected chi connectivity index (χ1v) is 17.6. The van der Waals surface area contributed by atoms with Crippen LogP contribution < -0.4 is 10.6 Å². The molecular formula is C39H48N4O11. The number of esters is 1. The molecule has 0 radical (unpaired) electrons. The SMILES string of the molecule is CN(C)c1cc(CN(CC(C)(C)C)C(=O)OCOC(=O)Cc2ccccc2)c(O)c2c1CC1CC3[C@H](N(C)C)C(=O)C(C(N)=O)=C(O)[C@@]3(O)C(=O)C1C2=O. The van der Waals surface area contributed by atoms with Gasteiger partial charge in [0.05, 0.1) is 30.5 Å². The van der Waals surface area contributed by atoms with E-state index in [0.29, 0.717) is 11.3 Å². The maximum atomic E-state index is 14.5. The number of nitrogens with two attached hydrogens (primary N) is 1. The van der Waals surface area contributed by atoms with E-state index < -0.39 is 94.0 Å². The van der Waals surface area contributed by atoms with Gasteiger partial charge in [0.2, 0.25) is 6.79 Å². The summed E-state index contributed by atoms with van der Waals surface area (Å²) >= 11 is 0. The Morgan fingerprint density at radius 3 is 2.20 bits per heavy atom. The van der Waals surface area contributed by atoms with Crippen molar-refractivity contribution >= 4 is 41.0 Å². The molecule has 54 heavy (non-hydrogen) atoms. The Labute approximate surface area is 313 Å². The molecule has 3 unspecified atom stereocenters. The Morgan fingerprint density at radius 1 is 0.981 bits per heavy atom. The number of ketones is 3. The highest BCUT2D eigenvalue weighted by Gasteiger charge is 2.66. The van der Waals surface area contributed by atoms with Crippen molar-refractivity contribution in [3.8, 4) is 5.75 Å². The zero-order valence-electron chi connectivity index (χ0n) is 31.5. The molecule has 1 fully saturated rings. The Bertz CT molecular complexity index is 1920. The number of aliphatic hydroxyl groups is 2. The number of Topliss-reactive ketones (excluding diaryl/α,β-unsaturated/α-hetero) is 3. The first-order valence-electron chi connectivity index (χ1n) is 17.6. The zero-order valence-corrected chi connectivity index (χ0v) is 31.5. The molecule has 15 heteroatoms. The van der Waals surface area contributed by atoms with Crippen LogP contribution in [-0.4, -0.2) is 114 Å². The number of aliphatic hydroxyl groups excluding tert-OH is 1. The normalized spacial score (nSPS) is 23.7. The summed E-state index contributed by atoms with van der Waals surface area (Å²) in [6, 6.07) is 9.34. The molecule has 1 saturated carbocycles. The molecule has 290 valence electrons. The Balaban J connectivity index is 1.48. The van der Waals surface area contributed by atoms with Crippen molar-refractivity contribution in [2.24, 2.45) is 28.9 Å². The highest BCUT2D eigenvalue weighted by Crippen LogP contribution is 2.53. The number of carbonyl (C=O) groups excluding carboxylic acids is 6. The number of primary amides is 1. The van der Waals surface area contributed by atoms with Crippen LogP contribution in [0.15, 0.2) is 47.7 Å². The van der Waals surface area contributed by atoms with Crippen LogP contribution in [0.1, 0.15) is 54.2 Å². The number of benzene rings is 2. The van der Waals surface area contributed by atoms with E-state index in [2.05, 4.69) is 0 Å². The van der Waals surface area contributed by atoms with Gasteiger partial charge in [-0.05, 0) is 55.5 Å². The fraction of sp³-hybridized carbons (Fsp3) is 0.487. The number of carbonyl (C=O) groups is 6. The van der Waals surface area contributed by atoms with Crippen LogP contribution in [0.2, 0.25) is 0 Å². The molecule has 5 N–H and O–H groups in total. The summed E-state index contributed by atoms with van der Waals surface area (Å²) in [5.41, 5.74) is 2.93. The number of hydrogen-bond donors (Lipinski definition) is 4. The topological polar surface area (TPSA) is 217 Å². The lowest BCUT2D eigenvalue weighted by atomic mass is 9.54. The number of rotatable bonds is 10. The van der Waals surface area contributed by atoms with Gasteiger partial charge in [-0.15, -0.1) is 0 Å². The van der Waals surface area contributed by atoms with E-state index in [1.165, 1.54) is 23.9 Å². The molecule has 3 aliphatic rings. The van der Waals surface area contributed by atoms with Crippen molar-refractivity contribution < 1.29 is 53.6 Å². The Kier molecular flexibility index (Phi) is 11.0. The van der Waals surface area contributed by atoms with Gasteiger partial charge in [0.15, 0.2) is 23.0 Å². The van der Waals surface area contributed by atoms with E-state index in [4.69, 9.17) is 15.2 Å². The number of nitrogens with zero attached hydrogens (tertiary/aromatic N) is 3. The molecule has 0 saturated heterocycles. The smallest absolute Gasteiger partial charge is 0.412 e. The summed E-state index contributed by atoms with van der Waals surface area (Å²) in [7, 11) is 6.53. The molecular weight excluding hydrogens is 700 g/mol. The number of ether oxygens (including phenoxy) is 2. The fourth-order valence-electron chi connectivity index (χ4n) is 8.10. The Morgan fingerprint density at radius 2 is 1.63 bits per heavy atom. The Hall–Kier alpha value is -5.28. The lowest BCUT2D eigenvalue weighted by Crippen LogP contribution is -2.68. The number of fused-ring (bicyclic) bond motifs is 3. The number of hydrogen-bond acceptors (Lipinski definition) is 13. The van der Waals surface area contributed by atoms with Crippen LogP contribution in [-0.2, 0) is 48.0 Å². The predicted molar refractivity (Wildman–Crippen MR) is 194 cm³/mol. The van der Waals surface area contributed by atoms with E-state index in [1.54, 1.807) is 49.3 Å². The average molecular weight is 749 g/mol. The van der Waals surface area contributed by atoms with Crippen LogP contribution in [0, 0.1) is 23.2 Å². The minimum atomic E-state index is -2.78. The molecule has 5 rings (SSSR count). The maximum Gasteiger partial charge on any atom is 0.412 e. The van der Waals surface area contributed by atoms with Crippen LogP contribution in [0.4, 0.5) is 10.5 Å². The second-order valence-corrected chi connectivity index (χ2v) is 15.9. The van der Waals surface area contributed by atoms with Crippen molar-refractivity contribution in [1.82, 2.24) is 9.80 Å². The van der Waals surface area contributed by atoms with Gasteiger partial charge in [-0.2, -0.15) is 0 Å². The lowest BCUT2D eigenvalue weighted by Gasteiger charge is -2.52. The van der Waals surface area contributed by atoms with E-state index in [0.717, 1.165) is 5.56 Å². The number of aromatic hydroxyl groups is 1. The van der Waals surface area contributed by atoms with Crippen molar-refractivity contribution in [2.75, 3.05) is 46.4 Å². The average Bonchev–Trinajstić information content (AvgIpc) is 3.06. The highest BCUT2D eigenvalue weighted by atomic mass is 16.7. The number of phenolic OH excluding ortho intramolecular Hbond substituents is 1. The third-order valence-corrected chi connectivity index (χ3v) is 10.3. The number of amides is 2. The molecule has 5 atom stereocenters. The third kappa shape index (κ3) is 7.29. The first kappa shape index (κ1) is 39.9. The molecule has 2 aromatic rings. The van der Waals surface area contributed by atoms with E-state index in [-0.39, 0.29) is 43.5 Å². The summed E-state index contributed by atoms with van der Waals surface area (Å²) in [6.07, 6.45) is -0.834. The largest absolute Gasteiger partial charge is 0.508 e. The van der Waals surface area contributed by atoms with Gasteiger partial charge >= 0.3 is 12.1 Å². The molecule has 0 spiro atoms. The quantitative estimate of drug-likeness (QED) is 0.119. The standard InChI is InChI=1S/C39H48N4O11/c1-38(2,3)18-43(37(51)54-19-53-26(44)13-20-11-9-8-10-12-20)17-22-16-25(41(4)5)23-14-21-15-24-30(42(6)7)33(47)29(36(40)50)35(49)39(24,52)34(48)27(21)32(46)28(23)31(22)45/h8-12,16,21,24,27,30,45,49,52H,13-15,17-19H2,1-7H3,(H2,40,50)/t21?,24?,27?,30-,39-/m0/s1. The van der Waals surface area contributed by atoms with Gasteiger partial charge in [-0.3, -0.25) is 28.9 Å². The van der Waals surface area contributed by atoms with Gasteiger partial charge in [0, 0.05) is 37.8 Å². The minimum Gasteiger partial charge on any atom is -0.508 e. The molecule has 0 aliphatic heterocycles. The van der Waals surface area contributed by atoms with E-state index in [9.17, 15) is 44.1 Å². The summed E-state index contributed by atoms with van der Waals surface area (Å²) in [5.74, 6) is -9.85. The van der Waals surface area contributed by atoms with E-state index in [1.807, 2.05) is 26.8 Å². The monoisotopic (exact) mass is 748 g/mol. The molecule has 2 amide bonds. The van der Waals surface area contributed by atoms with Gasteiger partial charge in [-0.25, -0.2) is 4.79 Å². The second kappa shape index (κ2) is 14.9. The molecule has 0 heterocycles. The van der Waals surface area contributed by atoms with Gasteiger partial charge in [0.25, 0.3) is 5.91 Å². The lowest BCUT2D eigenvalue weighted by molar-refractivity contribution is -0.163. The zero-order chi connectivity index (χ0) is 40.0. The van der Waals surface area contributed by atoms with Crippen molar-refractivity contribution in [1.29, 1.82) is 0 Å². The van der Waals surface area contributed by atoms with Crippen molar-refractivity contribution in [3.05, 3.63) is 70.0 Å². The van der Waals surface area contributed by atoms with Crippen LogP contribution >= 0.6 is 0 Å². The van der Waals surface area contributed by atoms with Crippen molar-refractivity contribution in [3.63, 3.8) is 0 Å². The highest BCUT2D eigenvalue weighted by molar-refractivity contribution is 6.25. The number of phenols is 1. The molecule has 15 nitrogen and oxygen atoms in total. The van der Waals surface area contributed by atoms with Crippen molar-refractivity contribution in [2.45, 2.75) is 58.2 Å².